The van der Waals surface area contributed by atoms with Gasteiger partial charge < -0.3 is 15.5 Å². The molecule has 188 valence electrons. The van der Waals surface area contributed by atoms with E-state index in [9.17, 15) is 32.1 Å². The molecular weight excluding hydrogens is 492 g/mol. The molecule has 35 heavy (non-hydrogen) atoms. The smallest absolute Gasteiger partial charge is 0.318 e. The number of pyridine rings is 1. The van der Waals surface area contributed by atoms with Crippen LogP contribution in [0.15, 0.2) is 30.3 Å². The minimum Gasteiger partial charge on any atom is -0.468 e. The van der Waals surface area contributed by atoms with Crippen molar-refractivity contribution in [3.63, 3.8) is 0 Å². The molecule has 0 saturated carbocycles. The van der Waals surface area contributed by atoms with E-state index in [1.807, 2.05) is 0 Å². The van der Waals surface area contributed by atoms with Gasteiger partial charge in [0.1, 0.15) is 28.6 Å². The van der Waals surface area contributed by atoms with Crippen molar-refractivity contribution in [3.8, 4) is 22.6 Å². The number of hydrogen-bond donors (Lipinski definition) is 3. The number of benzene rings is 1. The average Bonchev–Trinajstić information content (AvgIpc) is 3.17. The summed E-state index contributed by atoms with van der Waals surface area (Å²) in [6.45, 7) is 3.09. The third-order valence-corrected chi connectivity index (χ3v) is 4.53. The standard InChI is InChI=1S/C19H17F2N5O4.CH4O3S/c1-19(2,18(27)30-3)17-24-14(10-5-4-9(20)8-11(10)21)15(25-17)12-6-7-13(26(28)29)16(22)23-12;1-5(2,3)4/h4-8H,1-3H3,(H2,22,23)(H,24,25);1H3,(H,2,3,4). The number of ether oxygens (including phenoxy) is 1. The molecule has 0 aliphatic heterocycles. The van der Waals surface area contributed by atoms with E-state index in [0.717, 1.165) is 12.1 Å². The van der Waals surface area contributed by atoms with Gasteiger partial charge in [0, 0.05) is 17.7 Å². The largest absolute Gasteiger partial charge is 0.468 e. The van der Waals surface area contributed by atoms with E-state index in [-0.39, 0.29) is 34.3 Å². The number of nitrogens with one attached hydrogen (secondary N) is 1. The van der Waals surface area contributed by atoms with Crippen LogP contribution in [0.5, 0.6) is 0 Å². The molecule has 15 heteroatoms. The summed E-state index contributed by atoms with van der Waals surface area (Å²) in [6, 6.07) is 5.40. The molecule has 0 bridgehead atoms. The third-order valence-electron chi connectivity index (χ3n) is 4.53. The van der Waals surface area contributed by atoms with Crippen LogP contribution >= 0.6 is 0 Å². The number of imidazole rings is 1. The summed E-state index contributed by atoms with van der Waals surface area (Å²) in [4.78, 5) is 33.8. The van der Waals surface area contributed by atoms with Crippen molar-refractivity contribution in [3.05, 3.63) is 57.9 Å². The van der Waals surface area contributed by atoms with Crippen molar-refractivity contribution in [1.29, 1.82) is 0 Å². The van der Waals surface area contributed by atoms with Gasteiger partial charge in [-0.1, -0.05) is 0 Å². The van der Waals surface area contributed by atoms with E-state index in [1.54, 1.807) is 13.8 Å². The molecule has 12 nitrogen and oxygen atoms in total. The number of methoxy groups -OCH3 is 1. The molecule has 1 aromatic carbocycles. The monoisotopic (exact) mass is 513 g/mol. The second-order valence-corrected chi connectivity index (χ2v) is 9.11. The van der Waals surface area contributed by atoms with Gasteiger partial charge in [0.2, 0.25) is 5.82 Å². The molecule has 0 aliphatic carbocycles. The van der Waals surface area contributed by atoms with Crippen LogP contribution < -0.4 is 5.73 Å². The number of nitro groups is 1. The number of hydrogen-bond acceptors (Lipinski definition) is 9. The Bertz CT molecular complexity index is 1380. The van der Waals surface area contributed by atoms with Crippen molar-refractivity contribution >= 4 is 27.6 Å². The first-order chi connectivity index (χ1) is 16.1. The van der Waals surface area contributed by atoms with Gasteiger partial charge in [-0.15, -0.1) is 0 Å². The van der Waals surface area contributed by atoms with E-state index in [0.29, 0.717) is 12.3 Å². The van der Waals surface area contributed by atoms with Gasteiger partial charge in [0.05, 0.1) is 29.7 Å². The highest BCUT2D eigenvalue weighted by atomic mass is 32.2. The Labute approximate surface area is 198 Å². The van der Waals surface area contributed by atoms with Crippen molar-refractivity contribution in [2.24, 2.45) is 0 Å². The van der Waals surface area contributed by atoms with Crippen molar-refractivity contribution < 1.29 is 36.2 Å². The molecule has 2 heterocycles. The Morgan fingerprint density at radius 2 is 1.83 bits per heavy atom. The van der Waals surface area contributed by atoms with Crippen LogP contribution in [0.25, 0.3) is 22.6 Å². The lowest BCUT2D eigenvalue weighted by Gasteiger charge is -2.18. The number of carbonyl (C=O) groups is 1. The SMILES string of the molecule is COC(=O)C(C)(C)c1nc(-c2ccc([N+](=O)[O-])c(N)n2)c(-c2ccc(F)cc2F)[nH]1.CS(=O)(=O)O. The Morgan fingerprint density at radius 1 is 1.23 bits per heavy atom. The predicted octanol–water partition coefficient (Wildman–Crippen LogP) is 2.86. The summed E-state index contributed by atoms with van der Waals surface area (Å²) >= 11 is 0. The first-order valence-corrected chi connectivity index (χ1v) is 11.4. The van der Waals surface area contributed by atoms with Crippen LogP contribution in [0.2, 0.25) is 0 Å². The van der Waals surface area contributed by atoms with E-state index in [1.165, 1.54) is 19.2 Å². The van der Waals surface area contributed by atoms with Gasteiger partial charge in [-0.3, -0.25) is 19.5 Å². The summed E-state index contributed by atoms with van der Waals surface area (Å²) in [5.74, 6) is -2.49. The van der Waals surface area contributed by atoms with Gasteiger partial charge >= 0.3 is 11.7 Å². The number of nitrogen functional groups attached to an aromatic ring is 1. The van der Waals surface area contributed by atoms with E-state index in [2.05, 4.69) is 15.0 Å². The predicted molar refractivity (Wildman–Crippen MR) is 121 cm³/mol. The molecule has 0 amide bonds. The molecule has 3 aromatic rings. The number of H-pyrrole nitrogens is 1. The zero-order chi connectivity index (χ0) is 26.7. The highest BCUT2D eigenvalue weighted by Gasteiger charge is 2.36. The van der Waals surface area contributed by atoms with Gasteiger partial charge in [0.15, 0.2) is 0 Å². The molecule has 0 radical (unpaired) electrons. The van der Waals surface area contributed by atoms with E-state index < -0.39 is 43.7 Å². The molecule has 3 rings (SSSR count). The highest BCUT2D eigenvalue weighted by Crippen LogP contribution is 2.36. The van der Waals surface area contributed by atoms with Crippen LogP contribution in [0.1, 0.15) is 19.7 Å². The van der Waals surface area contributed by atoms with E-state index in [4.69, 9.17) is 15.0 Å². The minimum absolute atomic E-state index is 0.0375. The van der Waals surface area contributed by atoms with Gasteiger partial charge in [-0.05, 0) is 32.0 Å². The Kier molecular flexibility index (Phi) is 7.87. The first-order valence-electron chi connectivity index (χ1n) is 9.54. The van der Waals surface area contributed by atoms with Crippen LogP contribution in [-0.2, 0) is 25.1 Å². The first kappa shape index (κ1) is 27.3. The summed E-state index contributed by atoms with van der Waals surface area (Å²) in [6.07, 6.45) is 0.715. The maximum Gasteiger partial charge on any atom is 0.318 e. The Hall–Kier alpha value is -3.98. The number of aromatic amines is 1. The maximum atomic E-state index is 14.5. The summed E-state index contributed by atoms with van der Waals surface area (Å²) in [5, 5.41) is 11.0. The fraction of sp³-hybridized carbons (Fsp3) is 0.250. The number of esters is 1. The second-order valence-electron chi connectivity index (χ2n) is 7.64. The molecule has 4 N–H and O–H groups in total. The Balaban J connectivity index is 0.000000784. The number of rotatable bonds is 5. The number of carbonyl (C=O) groups excluding carboxylic acids is 1. The van der Waals surface area contributed by atoms with Crippen LogP contribution in [0.3, 0.4) is 0 Å². The summed E-state index contributed by atoms with van der Waals surface area (Å²) < 4.78 is 58.5. The van der Waals surface area contributed by atoms with Crippen LogP contribution in [0, 0.1) is 21.7 Å². The minimum atomic E-state index is -3.67. The quantitative estimate of drug-likeness (QED) is 0.198. The second kappa shape index (κ2) is 10.1. The zero-order valence-electron chi connectivity index (χ0n) is 18.9. The number of anilines is 1. The molecule has 0 aliphatic rings. The molecular formula is C20H21F2N5O7S. The van der Waals surface area contributed by atoms with Crippen molar-refractivity contribution in [2.75, 3.05) is 19.1 Å². The number of aromatic nitrogens is 3. The van der Waals surface area contributed by atoms with E-state index >= 15 is 0 Å². The number of halogens is 2. The van der Waals surface area contributed by atoms with Crippen LogP contribution in [0.4, 0.5) is 20.3 Å². The topological polar surface area (TPSA) is 191 Å². The number of nitrogens with zero attached hydrogens (tertiary/aromatic N) is 3. The van der Waals surface area contributed by atoms with Gasteiger partial charge in [0.25, 0.3) is 10.1 Å². The molecule has 2 aromatic heterocycles. The maximum absolute atomic E-state index is 14.5. The fourth-order valence-electron chi connectivity index (χ4n) is 2.85. The highest BCUT2D eigenvalue weighted by molar-refractivity contribution is 7.85. The molecule has 0 fully saturated rings. The molecule has 0 saturated heterocycles. The average molecular weight is 513 g/mol. The molecule has 0 spiro atoms. The lowest BCUT2D eigenvalue weighted by Crippen LogP contribution is -2.31. The Morgan fingerprint density at radius 3 is 2.31 bits per heavy atom. The third kappa shape index (κ3) is 6.54. The number of nitrogens with two attached hydrogens (primary N) is 1. The summed E-state index contributed by atoms with van der Waals surface area (Å²) in [5.41, 5.74) is 4.26. The fourth-order valence-corrected chi connectivity index (χ4v) is 2.85. The summed E-state index contributed by atoms with van der Waals surface area (Å²) in [7, 11) is -2.45. The molecule has 0 atom stereocenters. The van der Waals surface area contributed by atoms with Crippen molar-refractivity contribution in [2.45, 2.75) is 19.3 Å². The van der Waals surface area contributed by atoms with Crippen LogP contribution in [-0.4, -0.2) is 52.2 Å². The van der Waals surface area contributed by atoms with Gasteiger partial charge in [-0.25, -0.2) is 18.7 Å². The zero-order valence-corrected chi connectivity index (χ0v) is 19.7. The lowest BCUT2D eigenvalue weighted by molar-refractivity contribution is -0.384. The normalized spacial score (nSPS) is 11.4. The molecule has 0 unspecified atom stereocenters. The van der Waals surface area contributed by atoms with Crippen molar-refractivity contribution in [1.82, 2.24) is 15.0 Å². The van der Waals surface area contributed by atoms with Gasteiger partial charge in [-0.2, -0.15) is 8.42 Å². The lowest BCUT2D eigenvalue weighted by atomic mass is 9.93.